The third kappa shape index (κ3) is 4.03. The van der Waals surface area contributed by atoms with Gasteiger partial charge in [0, 0.05) is 43.3 Å². The van der Waals surface area contributed by atoms with Crippen molar-refractivity contribution in [3.63, 3.8) is 0 Å². The number of nitrogens with zero attached hydrogens (tertiary/aromatic N) is 2. The van der Waals surface area contributed by atoms with Gasteiger partial charge >= 0.3 is 0 Å². The molecule has 1 saturated heterocycles. The van der Waals surface area contributed by atoms with Crippen LogP contribution < -0.4 is 0 Å². The third-order valence-corrected chi connectivity index (χ3v) is 6.70. The van der Waals surface area contributed by atoms with Crippen LogP contribution in [-0.2, 0) is 16.6 Å². The van der Waals surface area contributed by atoms with Crippen LogP contribution in [0.15, 0.2) is 47.4 Å². The maximum atomic E-state index is 13.9. The molecule has 0 amide bonds. The number of sulfonamides is 1. The standard InChI is InChI=1S/C18H20ClFN2O2S/c1-14-5-7-15(8-6-14)25(23,24)22-11-9-21(10-12-22)13-16-17(19)3-2-4-18(16)20/h2-8H,9-13H2,1H3. The Labute approximate surface area is 152 Å². The lowest BCUT2D eigenvalue weighted by Crippen LogP contribution is -2.48. The molecule has 3 rings (SSSR count). The molecule has 7 heteroatoms. The third-order valence-electron chi connectivity index (χ3n) is 4.43. The Hall–Kier alpha value is -1.47. The fraction of sp³-hybridized carbons (Fsp3) is 0.333. The van der Waals surface area contributed by atoms with Crippen LogP contribution in [0.4, 0.5) is 4.39 Å². The summed E-state index contributed by atoms with van der Waals surface area (Å²) in [5.41, 5.74) is 1.48. The Kier molecular flexibility index (Phi) is 5.43. The molecule has 0 spiro atoms. The van der Waals surface area contributed by atoms with E-state index in [1.54, 1.807) is 36.4 Å². The maximum Gasteiger partial charge on any atom is 0.243 e. The van der Waals surface area contributed by atoms with Crippen LogP contribution in [0.3, 0.4) is 0 Å². The Morgan fingerprint density at radius 2 is 1.68 bits per heavy atom. The smallest absolute Gasteiger partial charge is 0.243 e. The van der Waals surface area contributed by atoms with Crippen LogP contribution in [0.5, 0.6) is 0 Å². The fourth-order valence-corrected chi connectivity index (χ4v) is 4.54. The van der Waals surface area contributed by atoms with E-state index in [0.717, 1.165) is 5.56 Å². The molecule has 1 aliphatic heterocycles. The minimum Gasteiger partial charge on any atom is -0.296 e. The molecular weight excluding hydrogens is 363 g/mol. The minimum atomic E-state index is -3.48. The van der Waals surface area contributed by atoms with Crippen molar-refractivity contribution in [2.24, 2.45) is 0 Å². The van der Waals surface area contributed by atoms with Crippen LogP contribution in [0.2, 0.25) is 5.02 Å². The molecule has 4 nitrogen and oxygen atoms in total. The number of aryl methyl sites for hydroxylation is 1. The minimum absolute atomic E-state index is 0.309. The number of halogens is 2. The summed E-state index contributed by atoms with van der Waals surface area (Å²) in [4.78, 5) is 2.33. The monoisotopic (exact) mass is 382 g/mol. The molecule has 0 N–H and O–H groups in total. The molecule has 1 heterocycles. The summed E-state index contributed by atoms with van der Waals surface area (Å²) in [6, 6.07) is 11.5. The zero-order valence-corrected chi connectivity index (χ0v) is 15.5. The molecule has 25 heavy (non-hydrogen) atoms. The van der Waals surface area contributed by atoms with Gasteiger partial charge in [0.25, 0.3) is 0 Å². The molecule has 0 atom stereocenters. The van der Waals surface area contributed by atoms with Gasteiger partial charge in [-0.2, -0.15) is 4.31 Å². The van der Waals surface area contributed by atoms with Gasteiger partial charge in [-0.05, 0) is 31.2 Å². The van der Waals surface area contributed by atoms with Crippen molar-refractivity contribution >= 4 is 21.6 Å². The van der Waals surface area contributed by atoms with Crippen molar-refractivity contribution in [2.75, 3.05) is 26.2 Å². The second-order valence-corrected chi connectivity index (χ2v) is 8.54. The van der Waals surface area contributed by atoms with E-state index in [1.165, 1.54) is 10.4 Å². The second kappa shape index (κ2) is 7.41. The Bertz CT molecular complexity index is 828. The number of rotatable bonds is 4. The van der Waals surface area contributed by atoms with Gasteiger partial charge in [-0.3, -0.25) is 4.90 Å². The van der Waals surface area contributed by atoms with Crippen molar-refractivity contribution in [2.45, 2.75) is 18.4 Å². The lowest BCUT2D eigenvalue weighted by atomic mass is 10.2. The first-order valence-corrected chi connectivity index (χ1v) is 9.92. The summed E-state index contributed by atoms with van der Waals surface area (Å²) in [5.74, 6) is -0.331. The van der Waals surface area contributed by atoms with Crippen LogP contribution >= 0.6 is 11.6 Å². The van der Waals surface area contributed by atoms with Gasteiger partial charge in [-0.15, -0.1) is 0 Å². The van der Waals surface area contributed by atoms with E-state index in [0.29, 0.717) is 48.2 Å². The molecule has 0 aromatic heterocycles. The van der Waals surface area contributed by atoms with E-state index >= 15 is 0 Å². The van der Waals surface area contributed by atoms with Gasteiger partial charge in [0.1, 0.15) is 5.82 Å². The highest BCUT2D eigenvalue weighted by molar-refractivity contribution is 7.89. The molecule has 134 valence electrons. The van der Waals surface area contributed by atoms with Crippen LogP contribution in [0, 0.1) is 12.7 Å². The van der Waals surface area contributed by atoms with E-state index in [1.807, 2.05) is 11.8 Å². The molecule has 0 bridgehead atoms. The number of hydrogen-bond acceptors (Lipinski definition) is 3. The first-order chi connectivity index (χ1) is 11.9. The highest BCUT2D eigenvalue weighted by atomic mass is 35.5. The molecule has 1 fully saturated rings. The summed E-state index contributed by atoms with van der Waals surface area (Å²) >= 11 is 6.07. The lowest BCUT2D eigenvalue weighted by molar-refractivity contribution is 0.180. The molecule has 2 aromatic rings. The zero-order valence-electron chi connectivity index (χ0n) is 14.0. The molecule has 1 aliphatic rings. The summed E-state index contributed by atoms with van der Waals surface area (Å²) in [5, 5.41) is 0.398. The van der Waals surface area contributed by atoms with Gasteiger partial charge in [0.05, 0.1) is 4.90 Å². The summed E-state index contributed by atoms with van der Waals surface area (Å²) in [7, 11) is -3.48. The predicted octanol–water partition coefficient (Wildman–Crippen LogP) is 3.29. The topological polar surface area (TPSA) is 40.6 Å². The number of hydrogen-bond donors (Lipinski definition) is 0. The molecular formula is C18H20ClFN2O2S. The largest absolute Gasteiger partial charge is 0.296 e. The molecule has 0 saturated carbocycles. The predicted molar refractivity (Wildman–Crippen MR) is 96.6 cm³/mol. The van der Waals surface area contributed by atoms with Crippen molar-refractivity contribution in [1.29, 1.82) is 0 Å². The van der Waals surface area contributed by atoms with Crippen LogP contribution in [0.25, 0.3) is 0 Å². The van der Waals surface area contributed by atoms with E-state index < -0.39 is 10.0 Å². The van der Waals surface area contributed by atoms with Gasteiger partial charge in [0.15, 0.2) is 0 Å². The van der Waals surface area contributed by atoms with Crippen molar-refractivity contribution in [3.05, 3.63) is 64.4 Å². The quantitative estimate of drug-likeness (QED) is 0.814. The van der Waals surface area contributed by atoms with E-state index in [9.17, 15) is 12.8 Å². The van der Waals surface area contributed by atoms with Crippen molar-refractivity contribution in [1.82, 2.24) is 9.21 Å². The molecule has 2 aromatic carbocycles. The van der Waals surface area contributed by atoms with Crippen LogP contribution in [0.1, 0.15) is 11.1 Å². The highest BCUT2D eigenvalue weighted by Gasteiger charge is 2.28. The molecule has 0 unspecified atom stereocenters. The first-order valence-electron chi connectivity index (χ1n) is 8.10. The normalized spacial score (nSPS) is 16.9. The SMILES string of the molecule is Cc1ccc(S(=O)(=O)N2CCN(Cc3c(F)cccc3Cl)CC2)cc1. The van der Waals surface area contributed by atoms with Gasteiger partial charge < -0.3 is 0 Å². The Balaban J connectivity index is 1.66. The highest BCUT2D eigenvalue weighted by Crippen LogP contribution is 2.23. The van der Waals surface area contributed by atoms with Crippen molar-refractivity contribution in [3.8, 4) is 0 Å². The van der Waals surface area contributed by atoms with Crippen LogP contribution in [-0.4, -0.2) is 43.8 Å². The fourth-order valence-electron chi connectivity index (χ4n) is 2.89. The average molecular weight is 383 g/mol. The second-order valence-electron chi connectivity index (χ2n) is 6.19. The van der Waals surface area contributed by atoms with E-state index in [4.69, 9.17) is 11.6 Å². The van der Waals surface area contributed by atoms with E-state index in [2.05, 4.69) is 0 Å². The average Bonchev–Trinajstić information content (AvgIpc) is 2.59. The first kappa shape index (κ1) is 18.3. The lowest BCUT2D eigenvalue weighted by Gasteiger charge is -2.34. The zero-order chi connectivity index (χ0) is 18.0. The summed E-state index contributed by atoms with van der Waals surface area (Å²) in [6.07, 6.45) is 0. The Morgan fingerprint density at radius 1 is 1.04 bits per heavy atom. The number of benzene rings is 2. The van der Waals surface area contributed by atoms with Gasteiger partial charge in [0.2, 0.25) is 10.0 Å². The van der Waals surface area contributed by atoms with Gasteiger partial charge in [-0.25, -0.2) is 12.8 Å². The van der Waals surface area contributed by atoms with Gasteiger partial charge in [-0.1, -0.05) is 35.4 Å². The summed E-state index contributed by atoms with van der Waals surface area (Å²) < 4.78 is 40.8. The number of piperazine rings is 1. The van der Waals surface area contributed by atoms with E-state index in [-0.39, 0.29) is 5.82 Å². The maximum absolute atomic E-state index is 13.9. The molecule has 0 radical (unpaired) electrons. The molecule has 0 aliphatic carbocycles. The summed E-state index contributed by atoms with van der Waals surface area (Å²) in [6.45, 7) is 4.13. The van der Waals surface area contributed by atoms with Crippen molar-refractivity contribution < 1.29 is 12.8 Å². The Morgan fingerprint density at radius 3 is 2.28 bits per heavy atom.